The van der Waals surface area contributed by atoms with E-state index in [0.717, 1.165) is 25.3 Å². The van der Waals surface area contributed by atoms with Crippen LogP contribution in [0.4, 0.5) is 0 Å². The van der Waals surface area contributed by atoms with Gasteiger partial charge >= 0.3 is 0 Å². The van der Waals surface area contributed by atoms with Crippen LogP contribution >= 0.6 is 0 Å². The maximum atomic E-state index is 5.70. The van der Waals surface area contributed by atoms with E-state index < -0.39 is 0 Å². The number of benzene rings is 1. The fourth-order valence-electron chi connectivity index (χ4n) is 3.08. The standard InChI is InChI=1S/C18H29NO2/c1-3-19-16(6-4-7-18-8-5-13-21-18)14-15-9-11-17(20-2)12-10-15/h9-12,16,18-19H,3-8,13-14H2,1-2H3. The molecule has 1 aliphatic heterocycles. The van der Waals surface area contributed by atoms with E-state index in [9.17, 15) is 0 Å². The normalized spacial score (nSPS) is 19.6. The fourth-order valence-corrected chi connectivity index (χ4v) is 3.08. The van der Waals surface area contributed by atoms with Crippen molar-refractivity contribution in [3.05, 3.63) is 29.8 Å². The molecule has 3 nitrogen and oxygen atoms in total. The monoisotopic (exact) mass is 291 g/mol. The molecule has 21 heavy (non-hydrogen) atoms. The van der Waals surface area contributed by atoms with E-state index in [1.54, 1.807) is 7.11 Å². The van der Waals surface area contributed by atoms with E-state index >= 15 is 0 Å². The van der Waals surface area contributed by atoms with Gasteiger partial charge in [0, 0.05) is 12.6 Å². The smallest absolute Gasteiger partial charge is 0.118 e. The van der Waals surface area contributed by atoms with E-state index in [1.165, 1.54) is 37.7 Å². The lowest BCUT2D eigenvalue weighted by Crippen LogP contribution is -2.31. The Morgan fingerprint density at radius 1 is 1.33 bits per heavy atom. The van der Waals surface area contributed by atoms with Gasteiger partial charge < -0.3 is 14.8 Å². The molecule has 0 spiro atoms. The van der Waals surface area contributed by atoms with Crippen LogP contribution in [-0.4, -0.2) is 32.4 Å². The van der Waals surface area contributed by atoms with Gasteiger partial charge in [0.25, 0.3) is 0 Å². The van der Waals surface area contributed by atoms with E-state index in [1.807, 2.05) is 12.1 Å². The Hall–Kier alpha value is -1.06. The molecule has 1 aromatic carbocycles. The van der Waals surface area contributed by atoms with Crippen LogP contribution in [0.25, 0.3) is 0 Å². The van der Waals surface area contributed by atoms with Gasteiger partial charge in [-0.05, 0) is 62.8 Å². The lowest BCUT2D eigenvalue weighted by atomic mass is 9.99. The first-order valence-corrected chi connectivity index (χ1v) is 8.29. The molecule has 0 radical (unpaired) electrons. The molecular weight excluding hydrogens is 262 g/mol. The predicted molar refractivity (Wildman–Crippen MR) is 87.0 cm³/mol. The van der Waals surface area contributed by atoms with Crippen LogP contribution < -0.4 is 10.1 Å². The Kier molecular flexibility index (Phi) is 7.04. The number of nitrogens with one attached hydrogen (secondary N) is 1. The number of likely N-dealkylation sites (N-methyl/N-ethyl adjacent to an activating group) is 1. The molecule has 1 fully saturated rings. The van der Waals surface area contributed by atoms with Gasteiger partial charge in [-0.1, -0.05) is 19.1 Å². The molecule has 118 valence electrons. The summed E-state index contributed by atoms with van der Waals surface area (Å²) < 4.78 is 10.9. The van der Waals surface area contributed by atoms with Crippen molar-refractivity contribution in [1.82, 2.24) is 5.32 Å². The van der Waals surface area contributed by atoms with Crippen LogP contribution in [0.15, 0.2) is 24.3 Å². The Morgan fingerprint density at radius 3 is 2.76 bits per heavy atom. The van der Waals surface area contributed by atoms with Gasteiger partial charge in [0.2, 0.25) is 0 Å². The average molecular weight is 291 g/mol. The fraction of sp³-hybridized carbons (Fsp3) is 0.667. The highest BCUT2D eigenvalue weighted by Gasteiger charge is 2.16. The third-order valence-electron chi connectivity index (χ3n) is 4.24. The van der Waals surface area contributed by atoms with Gasteiger partial charge in [-0.15, -0.1) is 0 Å². The van der Waals surface area contributed by atoms with E-state index in [-0.39, 0.29) is 0 Å². The third kappa shape index (κ3) is 5.68. The zero-order valence-corrected chi connectivity index (χ0v) is 13.4. The first kappa shape index (κ1) is 16.3. The zero-order valence-electron chi connectivity index (χ0n) is 13.4. The highest BCUT2D eigenvalue weighted by atomic mass is 16.5. The average Bonchev–Trinajstić information content (AvgIpc) is 3.01. The summed E-state index contributed by atoms with van der Waals surface area (Å²) in [7, 11) is 1.71. The molecule has 0 amide bonds. The highest BCUT2D eigenvalue weighted by Crippen LogP contribution is 2.19. The number of methoxy groups -OCH3 is 1. The van der Waals surface area contributed by atoms with Crippen molar-refractivity contribution >= 4 is 0 Å². The Bertz CT molecular complexity index is 385. The number of hydrogen-bond donors (Lipinski definition) is 1. The molecular formula is C18H29NO2. The molecule has 1 aromatic rings. The van der Waals surface area contributed by atoms with Crippen LogP contribution in [-0.2, 0) is 11.2 Å². The van der Waals surface area contributed by atoms with Crippen LogP contribution in [0.5, 0.6) is 5.75 Å². The Labute approximate surface area is 129 Å². The molecule has 1 saturated heterocycles. The van der Waals surface area contributed by atoms with Crippen molar-refractivity contribution < 1.29 is 9.47 Å². The molecule has 1 N–H and O–H groups in total. The second-order valence-electron chi connectivity index (χ2n) is 5.87. The summed E-state index contributed by atoms with van der Waals surface area (Å²) in [6, 6.07) is 8.99. The molecule has 0 aromatic heterocycles. The second-order valence-corrected chi connectivity index (χ2v) is 5.87. The second kappa shape index (κ2) is 9.06. The predicted octanol–water partition coefficient (Wildman–Crippen LogP) is 3.57. The van der Waals surface area contributed by atoms with Gasteiger partial charge in [-0.2, -0.15) is 0 Å². The zero-order chi connectivity index (χ0) is 14.9. The van der Waals surface area contributed by atoms with Crippen LogP contribution in [0, 0.1) is 0 Å². The SMILES string of the molecule is CCNC(CCCC1CCCO1)Cc1ccc(OC)cc1. The van der Waals surface area contributed by atoms with Crippen LogP contribution in [0.1, 0.15) is 44.6 Å². The molecule has 0 bridgehead atoms. The molecule has 1 aliphatic rings. The lowest BCUT2D eigenvalue weighted by Gasteiger charge is -2.19. The van der Waals surface area contributed by atoms with Crippen molar-refractivity contribution in [2.24, 2.45) is 0 Å². The van der Waals surface area contributed by atoms with Gasteiger partial charge in [-0.3, -0.25) is 0 Å². The summed E-state index contributed by atoms with van der Waals surface area (Å²) in [6.07, 6.45) is 7.79. The van der Waals surface area contributed by atoms with E-state index in [4.69, 9.17) is 9.47 Å². The first-order chi connectivity index (χ1) is 10.3. The minimum absolute atomic E-state index is 0.522. The summed E-state index contributed by atoms with van der Waals surface area (Å²) in [5.41, 5.74) is 1.37. The summed E-state index contributed by atoms with van der Waals surface area (Å²) in [5.74, 6) is 0.928. The number of hydrogen-bond acceptors (Lipinski definition) is 3. The third-order valence-corrected chi connectivity index (χ3v) is 4.24. The molecule has 3 heteroatoms. The largest absolute Gasteiger partial charge is 0.497 e. The van der Waals surface area contributed by atoms with E-state index in [0.29, 0.717) is 12.1 Å². The van der Waals surface area contributed by atoms with Crippen molar-refractivity contribution in [2.75, 3.05) is 20.3 Å². The quantitative estimate of drug-likeness (QED) is 0.754. The molecule has 2 atom stereocenters. The maximum absolute atomic E-state index is 5.70. The summed E-state index contributed by atoms with van der Waals surface area (Å²) in [5, 5.41) is 3.61. The number of rotatable bonds is 9. The Balaban J connectivity index is 1.76. The summed E-state index contributed by atoms with van der Waals surface area (Å²) >= 11 is 0. The first-order valence-electron chi connectivity index (χ1n) is 8.29. The lowest BCUT2D eigenvalue weighted by molar-refractivity contribution is 0.101. The summed E-state index contributed by atoms with van der Waals surface area (Å²) in [6.45, 7) is 4.18. The molecule has 2 rings (SSSR count). The van der Waals surface area contributed by atoms with Gasteiger partial charge in [-0.25, -0.2) is 0 Å². The maximum Gasteiger partial charge on any atom is 0.118 e. The van der Waals surface area contributed by atoms with Gasteiger partial charge in [0.1, 0.15) is 5.75 Å². The topological polar surface area (TPSA) is 30.5 Å². The molecule has 0 saturated carbocycles. The number of ether oxygens (including phenoxy) is 2. The van der Waals surface area contributed by atoms with Crippen molar-refractivity contribution in [1.29, 1.82) is 0 Å². The minimum Gasteiger partial charge on any atom is -0.497 e. The van der Waals surface area contributed by atoms with E-state index in [2.05, 4.69) is 24.4 Å². The van der Waals surface area contributed by atoms with Crippen molar-refractivity contribution in [3.8, 4) is 5.75 Å². The molecule has 1 heterocycles. The van der Waals surface area contributed by atoms with Crippen LogP contribution in [0.2, 0.25) is 0 Å². The summed E-state index contributed by atoms with van der Waals surface area (Å²) in [4.78, 5) is 0. The van der Waals surface area contributed by atoms with Crippen molar-refractivity contribution in [3.63, 3.8) is 0 Å². The minimum atomic E-state index is 0.522. The van der Waals surface area contributed by atoms with Gasteiger partial charge in [0.05, 0.1) is 13.2 Å². The highest BCUT2D eigenvalue weighted by molar-refractivity contribution is 5.27. The Morgan fingerprint density at radius 2 is 2.14 bits per heavy atom. The molecule has 0 aliphatic carbocycles. The van der Waals surface area contributed by atoms with Crippen molar-refractivity contribution in [2.45, 2.75) is 57.6 Å². The molecule has 2 unspecified atom stereocenters. The van der Waals surface area contributed by atoms with Gasteiger partial charge in [0.15, 0.2) is 0 Å². The van der Waals surface area contributed by atoms with Crippen LogP contribution in [0.3, 0.4) is 0 Å².